The predicted molar refractivity (Wildman–Crippen MR) is 61.4 cm³/mol. The zero-order chi connectivity index (χ0) is 12.5. The summed E-state index contributed by atoms with van der Waals surface area (Å²) < 4.78 is 1.81. The van der Waals surface area contributed by atoms with Gasteiger partial charge in [0.1, 0.15) is 17.7 Å². The first-order valence-electron chi connectivity index (χ1n) is 5.90. The van der Waals surface area contributed by atoms with Crippen LogP contribution in [0.15, 0.2) is 6.33 Å². The Hall–Kier alpha value is -1.43. The van der Waals surface area contributed by atoms with Crippen LogP contribution in [0.25, 0.3) is 0 Å². The number of aromatic nitrogens is 3. The second-order valence-electron chi connectivity index (χ2n) is 4.76. The number of carboxylic acids is 1. The second kappa shape index (κ2) is 4.44. The van der Waals surface area contributed by atoms with Crippen LogP contribution in [0, 0.1) is 0 Å². The van der Waals surface area contributed by atoms with Crippen LogP contribution in [0.3, 0.4) is 0 Å². The van der Waals surface area contributed by atoms with E-state index in [0.717, 1.165) is 18.7 Å². The molecule has 0 amide bonds. The van der Waals surface area contributed by atoms with E-state index < -0.39 is 11.5 Å². The molecule has 0 spiro atoms. The Morgan fingerprint density at radius 1 is 1.59 bits per heavy atom. The van der Waals surface area contributed by atoms with Crippen LogP contribution in [0.2, 0.25) is 0 Å². The quantitative estimate of drug-likeness (QED) is 0.813. The molecule has 2 N–H and O–H groups in total. The molecule has 17 heavy (non-hydrogen) atoms. The summed E-state index contributed by atoms with van der Waals surface area (Å²) in [5.74, 6) is 0.00143. The van der Waals surface area contributed by atoms with E-state index in [1.807, 2.05) is 18.5 Å². The molecule has 1 unspecified atom stereocenters. The number of aryl methyl sites for hydroxylation is 1. The normalized spacial score (nSPS) is 20.4. The van der Waals surface area contributed by atoms with Gasteiger partial charge in [0.2, 0.25) is 0 Å². The average molecular weight is 238 g/mol. The lowest BCUT2D eigenvalue weighted by molar-refractivity contribution is -0.145. The zero-order valence-corrected chi connectivity index (χ0v) is 10.2. The lowest BCUT2D eigenvalue weighted by Crippen LogP contribution is -2.51. The topological polar surface area (TPSA) is 80.0 Å². The highest BCUT2D eigenvalue weighted by Crippen LogP contribution is 2.32. The first kappa shape index (κ1) is 12.0. The predicted octanol–water partition coefficient (Wildman–Crippen LogP) is 0.863. The van der Waals surface area contributed by atoms with E-state index in [1.165, 1.54) is 0 Å². The minimum atomic E-state index is -0.786. The van der Waals surface area contributed by atoms with Gasteiger partial charge in [-0.3, -0.25) is 10.1 Å². The standard InChI is InChI=1S/C11H18N4O2/c1-8(9-14-12-7-15(9)2)13-11(10(16)17)5-3-4-6-11/h7-8,13H,3-6H2,1-2H3,(H,16,17). The first-order valence-corrected chi connectivity index (χ1v) is 5.90. The Labute approximate surface area is 100 Å². The molecule has 1 atom stereocenters. The van der Waals surface area contributed by atoms with Crippen LogP contribution in [0.5, 0.6) is 0 Å². The summed E-state index contributed by atoms with van der Waals surface area (Å²) in [6, 6.07) is -0.114. The Morgan fingerprint density at radius 2 is 2.24 bits per heavy atom. The molecule has 0 saturated heterocycles. The molecular formula is C11H18N4O2. The fourth-order valence-electron chi connectivity index (χ4n) is 2.56. The van der Waals surface area contributed by atoms with Crippen LogP contribution in [-0.2, 0) is 11.8 Å². The lowest BCUT2D eigenvalue weighted by atomic mass is 9.96. The Morgan fingerprint density at radius 3 is 2.71 bits per heavy atom. The number of carbonyl (C=O) groups is 1. The molecule has 1 aliphatic rings. The largest absolute Gasteiger partial charge is 0.480 e. The third kappa shape index (κ3) is 2.17. The van der Waals surface area contributed by atoms with Gasteiger partial charge < -0.3 is 9.67 Å². The van der Waals surface area contributed by atoms with E-state index in [-0.39, 0.29) is 6.04 Å². The molecule has 1 heterocycles. The summed E-state index contributed by atoms with van der Waals surface area (Å²) in [6.45, 7) is 1.92. The smallest absolute Gasteiger partial charge is 0.323 e. The Balaban J connectivity index is 2.14. The fraction of sp³-hybridized carbons (Fsp3) is 0.727. The summed E-state index contributed by atoms with van der Waals surface area (Å²) in [5.41, 5.74) is -0.786. The van der Waals surface area contributed by atoms with Crippen molar-refractivity contribution in [1.29, 1.82) is 0 Å². The maximum atomic E-state index is 11.4. The monoisotopic (exact) mass is 238 g/mol. The van der Waals surface area contributed by atoms with Crippen molar-refractivity contribution in [3.05, 3.63) is 12.2 Å². The van der Waals surface area contributed by atoms with E-state index in [1.54, 1.807) is 6.33 Å². The van der Waals surface area contributed by atoms with Gasteiger partial charge >= 0.3 is 5.97 Å². The minimum absolute atomic E-state index is 0.114. The van der Waals surface area contributed by atoms with Crippen molar-refractivity contribution in [1.82, 2.24) is 20.1 Å². The molecule has 0 radical (unpaired) electrons. The van der Waals surface area contributed by atoms with Gasteiger partial charge in [0.05, 0.1) is 6.04 Å². The van der Waals surface area contributed by atoms with Crippen molar-refractivity contribution in [2.24, 2.45) is 7.05 Å². The van der Waals surface area contributed by atoms with E-state index >= 15 is 0 Å². The summed E-state index contributed by atoms with van der Waals surface area (Å²) >= 11 is 0. The van der Waals surface area contributed by atoms with Gasteiger partial charge in [0.25, 0.3) is 0 Å². The number of hydrogen-bond acceptors (Lipinski definition) is 4. The summed E-state index contributed by atoms with van der Waals surface area (Å²) in [5, 5.41) is 20.4. The third-order valence-electron chi connectivity index (χ3n) is 3.49. The number of hydrogen-bond donors (Lipinski definition) is 2. The fourth-order valence-corrected chi connectivity index (χ4v) is 2.56. The minimum Gasteiger partial charge on any atom is -0.480 e. The molecule has 1 aromatic heterocycles. The summed E-state index contributed by atoms with van der Waals surface area (Å²) in [7, 11) is 1.86. The number of nitrogens with zero attached hydrogens (tertiary/aromatic N) is 3. The van der Waals surface area contributed by atoms with Crippen molar-refractivity contribution in [2.75, 3.05) is 0 Å². The van der Waals surface area contributed by atoms with Crippen molar-refractivity contribution in [3.63, 3.8) is 0 Å². The number of aliphatic carboxylic acids is 1. The van der Waals surface area contributed by atoms with Crippen molar-refractivity contribution in [2.45, 2.75) is 44.2 Å². The van der Waals surface area contributed by atoms with Crippen molar-refractivity contribution in [3.8, 4) is 0 Å². The van der Waals surface area contributed by atoms with Crippen molar-refractivity contribution < 1.29 is 9.90 Å². The molecule has 6 heteroatoms. The maximum Gasteiger partial charge on any atom is 0.323 e. The maximum absolute atomic E-state index is 11.4. The number of rotatable bonds is 4. The molecule has 1 fully saturated rings. The number of carboxylic acid groups (broad SMARTS) is 1. The second-order valence-corrected chi connectivity index (χ2v) is 4.76. The highest BCUT2D eigenvalue weighted by Gasteiger charge is 2.42. The van der Waals surface area contributed by atoms with Gasteiger partial charge in [-0.25, -0.2) is 0 Å². The summed E-state index contributed by atoms with van der Waals surface area (Å²) in [4.78, 5) is 11.4. The third-order valence-corrected chi connectivity index (χ3v) is 3.49. The Bertz CT molecular complexity index is 409. The van der Waals surface area contributed by atoms with Crippen LogP contribution in [0.1, 0.15) is 44.5 Å². The zero-order valence-electron chi connectivity index (χ0n) is 10.2. The molecular weight excluding hydrogens is 220 g/mol. The molecule has 1 aliphatic carbocycles. The van der Waals surface area contributed by atoms with Crippen LogP contribution < -0.4 is 5.32 Å². The van der Waals surface area contributed by atoms with Crippen LogP contribution in [-0.4, -0.2) is 31.4 Å². The molecule has 1 aromatic rings. The SMILES string of the molecule is CC(NC1(C(=O)O)CCCC1)c1nncn1C. The highest BCUT2D eigenvalue weighted by atomic mass is 16.4. The van der Waals surface area contributed by atoms with Crippen molar-refractivity contribution >= 4 is 5.97 Å². The molecule has 6 nitrogen and oxygen atoms in total. The van der Waals surface area contributed by atoms with Gasteiger partial charge in [-0.1, -0.05) is 12.8 Å². The van der Waals surface area contributed by atoms with Gasteiger partial charge in [-0.2, -0.15) is 0 Å². The van der Waals surface area contributed by atoms with Gasteiger partial charge in [0, 0.05) is 7.05 Å². The first-order chi connectivity index (χ1) is 8.05. The molecule has 94 valence electrons. The van der Waals surface area contributed by atoms with E-state index in [9.17, 15) is 9.90 Å². The number of nitrogens with one attached hydrogen (secondary N) is 1. The van der Waals surface area contributed by atoms with Gasteiger partial charge in [-0.15, -0.1) is 10.2 Å². The molecule has 2 rings (SSSR count). The molecule has 1 saturated carbocycles. The Kier molecular flexibility index (Phi) is 3.15. The lowest BCUT2D eigenvalue weighted by Gasteiger charge is -2.28. The van der Waals surface area contributed by atoms with E-state index in [2.05, 4.69) is 15.5 Å². The molecule has 0 aromatic carbocycles. The summed E-state index contributed by atoms with van der Waals surface area (Å²) in [6.07, 6.45) is 4.92. The average Bonchev–Trinajstić information content (AvgIpc) is 2.87. The highest BCUT2D eigenvalue weighted by molar-refractivity contribution is 5.79. The van der Waals surface area contributed by atoms with Crippen LogP contribution in [0.4, 0.5) is 0 Å². The molecule has 0 aliphatic heterocycles. The van der Waals surface area contributed by atoms with Gasteiger partial charge in [0.15, 0.2) is 0 Å². The van der Waals surface area contributed by atoms with E-state index in [0.29, 0.717) is 12.8 Å². The van der Waals surface area contributed by atoms with E-state index in [4.69, 9.17) is 0 Å². The van der Waals surface area contributed by atoms with Crippen LogP contribution >= 0.6 is 0 Å². The van der Waals surface area contributed by atoms with Gasteiger partial charge in [-0.05, 0) is 19.8 Å². The molecule has 0 bridgehead atoms.